The molecule has 0 unspecified atom stereocenters. The molecule has 2 heterocycles. The molecule has 6 heteroatoms. The third-order valence-electron chi connectivity index (χ3n) is 4.79. The summed E-state index contributed by atoms with van der Waals surface area (Å²) in [5, 5.41) is 6.94. The summed E-state index contributed by atoms with van der Waals surface area (Å²) in [6.07, 6.45) is 0. The number of aromatic amines is 1. The predicted molar refractivity (Wildman–Crippen MR) is 107 cm³/mol. The highest BCUT2D eigenvalue weighted by Gasteiger charge is 2.11. The summed E-state index contributed by atoms with van der Waals surface area (Å²) in [6.45, 7) is 4.37. The van der Waals surface area contributed by atoms with Crippen LogP contribution in [0.4, 0.5) is 10.5 Å². The van der Waals surface area contributed by atoms with Crippen LogP contribution < -0.4 is 15.5 Å². The second-order valence-corrected chi connectivity index (χ2v) is 6.68. The summed E-state index contributed by atoms with van der Waals surface area (Å²) < 4.78 is 5.38. The second kappa shape index (κ2) is 8.14. The number of carbonyl (C=O) groups is 1. The number of anilines is 1. The van der Waals surface area contributed by atoms with Crippen LogP contribution in [0.5, 0.6) is 0 Å². The number of urea groups is 1. The van der Waals surface area contributed by atoms with Gasteiger partial charge in [0.25, 0.3) is 0 Å². The number of morpholine rings is 1. The van der Waals surface area contributed by atoms with Crippen LogP contribution in [0.25, 0.3) is 10.9 Å². The van der Waals surface area contributed by atoms with Crippen LogP contribution in [0.2, 0.25) is 0 Å². The standard InChI is InChI=1S/C21H24N4O2/c26-21(23-15-18-13-17-3-1-2-4-20(17)24-18)22-14-16-5-7-19(8-6-16)25-9-11-27-12-10-25/h1-8,13,24H,9-12,14-15H2,(H2,22,23,26). The third kappa shape index (κ3) is 4.41. The molecule has 0 spiro atoms. The SMILES string of the molecule is O=C(NCc1ccc(N2CCOCC2)cc1)NCc1cc2ccccc2[nH]1. The van der Waals surface area contributed by atoms with Crippen LogP contribution in [0.1, 0.15) is 11.3 Å². The maximum Gasteiger partial charge on any atom is 0.315 e. The lowest BCUT2D eigenvalue weighted by atomic mass is 10.2. The normalized spacial score (nSPS) is 14.3. The lowest BCUT2D eigenvalue weighted by Gasteiger charge is -2.28. The first-order valence-electron chi connectivity index (χ1n) is 9.28. The van der Waals surface area contributed by atoms with Crippen LogP contribution in [0.15, 0.2) is 54.6 Å². The van der Waals surface area contributed by atoms with Gasteiger partial charge < -0.3 is 25.3 Å². The van der Waals surface area contributed by atoms with Crippen molar-refractivity contribution < 1.29 is 9.53 Å². The zero-order valence-electron chi connectivity index (χ0n) is 15.2. The predicted octanol–water partition coefficient (Wildman–Crippen LogP) is 3.00. The van der Waals surface area contributed by atoms with E-state index in [1.54, 1.807) is 0 Å². The zero-order valence-corrected chi connectivity index (χ0v) is 15.2. The van der Waals surface area contributed by atoms with E-state index >= 15 is 0 Å². The van der Waals surface area contributed by atoms with E-state index in [4.69, 9.17) is 4.74 Å². The minimum atomic E-state index is -0.175. The van der Waals surface area contributed by atoms with Gasteiger partial charge in [-0.1, -0.05) is 30.3 Å². The van der Waals surface area contributed by atoms with E-state index in [2.05, 4.69) is 56.9 Å². The molecule has 4 rings (SSSR count). The molecule has 2 amide bonds. The number of benzene rings is 2. The highest BCUT2D eigenvalue weighted by molar-refractivity contribution is 5.80. The third-order valence-corrected chi connectivity index (χ3v) is 4.79. The van der Waals surface area contributed by atoms with E-state index in [1.807, 2.05) is 18.2 Å². The number of para-hydroxylation sites is 1. The molecule has 3 N–H and O–H groups in total. The Morgan fingerprint density at radius 3 is 2.52 bits per heavy atom. The number of nitrogens with one attached hydrogen (secondary N) is 3. The molecule has 1 saturated heterocycles. The van der Waals surface area contributed by atoms with Crippen LogP contribution in [0, 0.1) is 0 Å². The van der Waals surface area contributed by atoms with Crippen molar-refractivity contribution >= 4 is 22.6 Å². The summed E-state index contributed by atoms with van der Waals surface area (Å²) >= 11 is 0. The number of carbonyl (C=O) groups excluding carboxylic acids is 1. The van der Waals surface area contributed by atoms with Crippen molar-refractivity contribution in [3.05, 3.63) is 65.9 Å². The molecule has 1 aromatic heterocycles. The van der Waals surface area contributed by atoms with Gasteiger partial charge in [0, 0.05) is 36.5 Å². The van der Waals surface area contributed by atoms with Gasteiger partial charge in [0.1, 0.15) is 0 Å². The van der Waals surface area contributed by atoms with E-state index < -0.39 is 0 Å². The molecule has 0 atom stereocenters. The molecule has 1 aliphatic rings. The summed E-state index contributed by atoms with van der Waals surface area (Å²) in [7, 11) is 0. The maximum atomic E-state index is 12.1. The number of hydrogen-bond acceptors (Lipinski definition) is 3. The number of nitrogens with zero attached hydrogens (tertiary/aromatic N) is 1. The van der Waals surface area contributed by atoms with Crippen LogP contribution in [-0.4, -0.2) is 37.3 Å². The molecule has 140 valence electrons. The number of amides is 2. The van der Waals surface area contributed by atoms with Crippen molar-refractivity contribution in [3.8, 4) is 0 Å². The number of hydrogen-bond donors (Lipinski definition) is 3. The maximum absolute atomic E-state index is 12.1. The Balaban J connectivity index is 1.25. The summed E-state index contributed by atoms with van der Waals surface area (Å²) in [5.74, 6) is 0. The fourth-order valence-electron chi connectivity index (χ4n) is 3.30. The van der Waals surface area contributed by atoms with Gasteiger partial charge in [-0.15, -0.1) is 0 Å². The van der Waals surface area contributed by atoms with Gasteiger partial charge in [0.2, 0.25) is 0 Å². The number of ether oxygens (including phenoxy) is 1. The Kier molecular flexibility index (Phi) is 5.25. The Morgan fingerprint density at radius 2 is 1.74 bits per heavy atom. The lowest BCUT2D eigenvalue weighted by molar-refractivity contribution is 0.122. The Morgan fingerprint density at radius 1 is 1.00 bits per heavy atom. The van der Waals surface area contributed by atoms with Crippen LogP contribution >= 0.6 is 0 Å². The van der Waals surface area contributed by atoms with Crippen molar-refractivity contribution in [2.45, 2.75) is 13.1 Å². The highest BCUT2D eigenvalue weighted by Crippen LogP contribution is 2.17. The molecule has 1 fully saturated rings. The molecule has 0 bridgehead atoms. The van der Waals surface area contributed by atoms with Gasteiger partial charge in [0.15, 0.2) is 0 Å². The Bertz CT molecular complexity index is 865. The number of fused-ring (bicyclic) bond motifs is 1. The molecule has 0 radical (unpaired) electrons. The zero-order chi connectivity index (χ0) is 18.5. The monoisotopic (exact) mass is 364 g/mol. The number of rotatable bonds is 5. The van der Waals surface area contributed by atoms with Crippen LogP contribution in [0.3, 0.4) is 0 Å². The smallest absolute Gasteiger partial charge is 0.315 e. The van der Waals surface area contributed by atoms with E-state index in [1.165, 1.54) is 5.69 Å². The molecular formula is C21H24N4O2. The van der Waals surface area contributed by atoms with Gasteiger partial charge in [0.05, 0.1) is 19.8 Å². The molecule has 0 aliphatic carbocycles. The minimum absolute atomic E-state index is 0.175. The molecule has 0 saturated carbocycles. The quantitative estimate of drug-likeness (QED) is 0.652. The average molecular weight is 364 g/mol. The van der Waals surface area contributed by atoms with E-state index in [9.17, 15) is 4.79 Å². The molecular weight excluding hydrogens is 340 g/mol. The van der Waals surface area contributed by atoms with Gasteiger partial charge >= 0.3 is 6.03 Å². The number of H-pyrrole nitrogens is 1. The van der Waals surface area contributed by atoms with E-state index in [-0.39, 0.29) is 6.03 Å². The minimum Gasteiger partial charge on any atom is -0.378 e. The van der Waals surface area contributed by atoms with Crippen molar-refractivity contribution in [2.75, 3.05) is 31.2 Å². The number of aromatic nitrogens is 1. The highest BCUT2D eigenvalue weighted by atomic mass is 16.5. The largest absolute Gasteiger partial charge is 0.378 e. The van der Waals surface area contributed by atoms with Gasteiger partial charge in [-0.05, 0) is 35.2 Å². The average Bonchev–Trinajstić information content (AvgIpc) is 3.15. The lowest BCUT2D eigenvalue weighted by Crippen LogP contribution is -2.36. The van der Waals surface area contributed by atoms with Crippen LogP contribution in [-0.2, 0) is 17.8 Å². The topological polar surface area (TPSA) is 69.4 Å². The second-order valence-electron chi connectivity index (χ2n) is 6.68. The van der Waals surface area contributed by atoms with Gasteiger partial charge in [-0.25, -0.2) is 4.79 Å². The first-order valence-corrected chi connectivity index (χ1v) is 9.28. The van der Waals surface area contributed by atoms with Crippen molar-refractivity contribution in [1.82, 2.24) is 15.6 Å². The summed E-state index contributed by atoms with van der Waals surface area (Å²) in [5.41, 5.74) is 4.34. The van der Waals surface area contributed by atoms with Crippen molar-refractivity contribution in [3.63, 3.8) is 0 Å². The van der Waals surface area contributed by atoms with Gasteiger partial charge in [-0.2, -0.15) is 0 Å². The molecule has 6 nitrogen and oxygen atoms in total. The van der Waals surface area contributed by atoms with E-state index in [0.29, 0.717) is 13.1 Å². The Hall–Kier alpha value is -2.99. The Labute approximate surface area is 158 Å². The molecule has 2 aromatic carbocycles. The first-order chi connectivity index (χ1) is 13.3. The fraction of sp³-hybridized carbons (Fsp3) is 0.286. The van der Waals surface area contributed by atoms with E-state index in [0.717, 1.165) is 48.5 Å². The summed E-state index contributed by atoms with van der Waals surface area (Å²) in [6, 6.07) is 18.3. The van der Waals surface area contributed by atoms with Crippen molar-refractivity contribution in [1.29, 1.82) is 0 Å². The van der Waals surface area contributed by atoms with Crippen molar-refractivity contribution in [2.24, 2.45) is 0 Å². The molecule has 1 aliphatic heterocycles. The molecule has 3 aromatic rings. The fourth-order valence-corrected chi connectivity index (χ4v) is 3.30. The van der Waals surface area contributed by atoms with Gasteiger partial charge in [-0.3, -0.25) is 0 Å². The molecule has 27 heavy (non-hydrogen) atoms. The first kappa shape index (κ1) is 17.4. The summed E-state index contributed by atoms with van der Waals surface area (Å²) in [4.78, 5) is 17.7.